The minimum absolute atomic E-state index is 0.0598. The molecule has 35 heavy (non-hydrogen) atoms. The number of imidazole rings is 1. The summed E-state index contributed by atoms with van der Waals surface area (Å²) in [7, 11) is 3.00. The van der Waals surface area contributed by atoms with Gasteiger partial charge in [-0.3, -0.25) is 24.0 Å². The number of carbonyl (C=O) groups excluding carboxylic acids is 2. The number of hydrogen-bond acceptors (Lipinski definition) is 5. The molecule has 3 heterocycles. The van der Waals surface area contributed by atoms with Crippen LogP contribution in [0.4, 0.5) is 14.9 Å². The first kappa shape index (κ1) is 24.7. The van der Waals surface area contributed by atoms with Crippen molar-refractivity contribution in [2.45, 2.75) is 57.8 Å². The smallest absolute Gasteiger partial charge is 0.407 e. The number of para-hydroxylation sites is 1. The van der Waals surface area contributed by atoms with Crippen LogP contribution in [0.2, 0.25) is 0 Å². The summed E-state index contributed by atoms with van der Waals surface area (Å²) >= 11 is 0. The summed E-state index contributed by atoms with van der Waals surface area (Å²) in [6.45, 7) is 5.61. The SMILES string of the molecule is CN(C(=O)O)C1CCN(c2cccc3c2n(C)c(=O)n3C2CCC(=O)NC2=O)CC1(F)C(C)(C)C. The molecule has 1 aromatic carbocycles. The fraction of sp³-hybridized carbons (Fsp3) is 0.583. The minimum atomic E-state index is -1.87. The minimum Gasteiger partial charge on any atom is -0.465 e. The normalized spacial score (nSPS) is 25.6. The van der Waals surface area contributed by atoms with Crippen molar-refractivity contribution in [1.29, 1.82) is 0 Å². The lowest BCUT2D eigenvalue weighted by molar-refractivity contribution is -0.135. The van der Waals surface area contributed by atoms with Gasteiger partial charge in [-0.15, -0.1) is 0 Å². The Labute approximate surface area is 202 Å². The molecule has 2 aliphatic rings. The molecule has 11 heteroatoms. The van der Waals surface area contributed by atoms with Gasteiger partial charge >= 0.3 is 11.8 Å². The van der Waals surface area contributed by atoms with E-state index in [0.29, 0.717) is 23.3 Å². The standard InChI is InChI=1S/C24H32FN5O5/c1-23(2,3)24(25)13-29(12-11-17(24)27(4)22(34)35)14-7-6-8-15-19(14)28(5)21(33)30(15)16-9-10-18(31)26-20(16)32/h6-8,16-17H,9-13H2,1-5H3,(H,34,35)(H,26,31,32). The molecule has 3 atom stereocenters. The van der Waals surface area contributed by atoms with Crippen LogP contribution in [-0.4, -0.2) is 68.9 Å². The number of amides is 3. The van der Waals surface area contributed by atoms with E-state index in [1.165, 1.54) is 16.2 Å². The number of nitrogens with zero attached hydrogens (tertiary/aromatic N) is 4. The Hall–Kier alpha value is -3.37. The molecule has 0 saturated carbocycles. The van der Waals surface area contributed by atoms with E-state index in [0.717, 1.165) is 4.90 Å². The van der Waals surface area contributed by atoms with Crippen LogP contribution in [0.3, 0.4) is 0 Å². The Kier molecular flexibility index (Phi) is 5.93. The Morgan fingerprint density at radius 1 is 1.23 bits per heavy atom. The zero-order valence-electron chi connectivity index (χ0n) is 20.7. The van der Waals surface area contributed by atoms with Crippen molar-refractivity contribution in [2.75, 3.05) is 25.0 Å². The third-order valence-electron chi connectivity index (χ3n) is 7.58. The van der Waals surface area contributed by atoms with Crippen molar-refractivity contribution in [3.05, 3.63) is 28.7 Å². The molecule has 0 aliphatic carbocycles. The molecule has 2 N–H and O–H groups in total. The highest BCUT2D eigenvalue weighted by molar-refractivity contribution is 6.00. The highest BCUT2D eigenvalue weighted by Crippen LogP contribution is 2.45. The maximum atomic E-state index is 16.7. The first-order chi connectivity index (χ1) is 16.3. The molecular formula is C24H32FN5O5. The summed E-state index contributed by atoms with van der Waals surface area (Å²) in [5, 5.41) is 11.8. The summed E-state index contributed by atoms with van der Waals surface area (Å²) in [4.78, 5) is 52.0. The number of fused-ring (bicyclic) bond motifs is 1. The molecule has 10 nitrogen and oxygen atoms in total. The van der Waals surface area contributed by atoms with E-state index in [9.17, 15) is 24.3 Å². The number of imide groups is 1. The lowest BCUT2D eigenvalue weighted by Crippen LogP contribution is -2.65. The predicted molar refractivity (Wildman–Crippen MR) is 128 cm³/mol. The number of hydrogen-bond donors (Lipinski definition) is 2. The average Bonchev–Trinajstić information content (AvgIpc) is 3.03. The van der Waals surface area contributed by atoms with E-state index in [2.05, 4.69) is 5.32 Å². The molecule has 1 aromatic heterocycles. The van der Waals surface area contributed by atoms with Gasteiger partial charge < -0.3 is 14.9 Å². The molecule has 0 spiro atoms. The Morgan fingerprint density at radius 2 is 1.91 bits per heavy atom. The quantitative estimate of drug-likeness (QED) is 0.639. The van der Waals surface area contributed by atoms with E-state index >= 15 is 4.39 Å². The third kappa shape index (κ3) is 3.86. The Balaban J connectivity index is 1.80. The van der Waals surface area contributed by atoms with Gasteiger partial charge in [-0.2, -0.15) is 0 Å². The van der Waals surface area contributed by atoms with Crippen LogP contribution in [0.15, 0.2) is 23.0 Å². The van der Waals surface area contributed by atoms with Crippen LogP contribution in [-0.2, 0) is 16.6 Å². The molecule has 190 valence electrons. The van der Waals surface area contributed by atoms with Crippen LogP contribution < -0.4 is 15.9 Å². The van der Waals surface area contributed by atoms with E-state index in [4.69, 9.17) is 0 Å². The van der Waals surface area contributed by atoms with Crippen LogP contribution in [0, 0.1) is 5.41 Å². The molecule has 0 bridgehead atoms. The molecular weight excluding hydrogens is 457 g/mol. The van der Waals surface area contributed by atoms with Gasteiger partial charge in [0.1, 0.15) is 6.04 Å². The number of carboxylic acid groups (broad SMARTS) is 1. The number of nitrogens with one attached hydrogen (secondary N) is 1. The second kappa shape index (κ2) is 8.39. The molecule has 2 fully saturated rings. The predicted octanol–water partition coefficient (Wildman–Crippen LogP) is 2.26. The zero-order valence-corrected chi connectivity index (χ0v) is 20.7. The van der Waals surface area contributed by atoms with Crippen molar-refractivity contribution in [3.63, 3.8) is 0 Å². The summed E-state index contributed by atoms with van der Waals surface area (Å²) in [5.41, 5.74) is -1.41. The highest BCUT2D eigenvalue weighted by Gasteiger charge is 2.54. The molecule has 2 aliphatic heterocycles. The number of aryl methyl sites for hydroxylation is 1. The monoisotopic (exact) mass is 489 g/mol. The van der Waals surface area contributed by atoms with Crippen molar-refractivity contribution in [3.8, 4) is 0 Å². The number of carbonyl (C=O) groups is 3. The van der Waals surface area contributed by atoms with Crippen LogP contribution in [0.5, 0.6) is 0 Å². The zero-order chi connectivity index (χ0) is 25.9. The number of anilines is 1. The second-order valence-electron chi connectivity index (χ2n) is 10.6. The second-order valence-corrected chi connectivity index (χ2v) is 10.6. The lowest BCUT2D eigenvalue weighted by Gasteiger charge is -2.52. The first-order valence-corrected chi connectivity index (χ1v) is 11.7. The fourth-order valence-electron chi connectivity index (χ4n) is 5.45. The van der Waals surface area contributed by atoms with Crippen molar-refractivity contribution < 1.29 is 23.9 Å². The summed E-state index contributed by atoms with van der Waals surface area (Å²) in [6.07, 6.45) is -0.548. The third-order valence-corrected chi connectivity index (χ3v) is 7.58. The van der Waals surface area contributed by atoms with Gasteiger partial charge in [0, 0.05) is 27.1 Å². The summed E-state index contributed by atoms with van der Waals surface area (Å²) in [5.74, 6) is -0.884. The first-order valence-electron chi connectivity index (χ1n) is 11.7. The van der Waals surface area contributed by atoms with Crippen molar-refractivity contribution in [1.82, 2.24) is 19.4 Å². The van der Waals surface area contributed by atoms with Gasteiger partial charge in [0.15, 0.2) is 5.67 Å². The van der Waals surface area contributed by atoms with E-state index in [1.807, 2.05) is 4.90 Å². The van der Waals surface area contributed by atoms with Gasteiger partial charge in [-0.1, -0.05) is 26.8 Å². The van der Waals surface area contributed by atoms with Gasteiger partial charge in [0.05, 0.1) is 29.3 Å². The Morgan fingerprint density at radius 3 is 2.51 bits per heavy atom. The number of alkyl halides is 1. The number of aromatic nitrogens is 2. The van der Waals surface area contributed by atoms with E-state index in [-0.39, 0.29) is 31.7 Å². The lowest BCUT2D eigenvalue weighted by atomic mass is 9.70. The average molecular weight is 490 g/mol. The molecule has 2 aromatic rings. The van der Waals surface area contributed by atoms with Crippen molar-refractivity contribution in [2.24, 2.45) is 12.5 Å². The summed E-state index contributed by atoms with van der Waals surface area (Å²) < 4.78 is 19.6. The number of piperidine rings is 2. The molecule has 0 radical (unpaired) electrons. The topological polar surface area (TPSA) is 117 Å². The molecule has 3 amide bonds. The number of benzene rings is 1. The van der Waals surface area contributed by atoms with Crippen LogP contribution in [0.1, 0.15) is 46.1 Å². The van der Waals surface area contributed by atoms with Crippen LogP contribution in [0.25, 0.3) is 11.0 Å². The summed E-state index contributed by atoms with van der Waals surface area (Å²) in [6, 6.07) is 3.66. The molecule has 2 saturated heterocycles. The maximum absolute atomic E-state index is 16.7. The highest BCUT2D eigenvalue weighted by atomic mass is 19.1. The van der Waals surface area contributed by atoms with Crippen molar-refractivity contribution >= 4 is 34.6 Å². The molecule has 3 unspecified atom stereocenters. The van der Waals surface area contributed by atoms with Crippen LogP contribution >= 0.6 is 0 Å². The molecule has 4 rings (SSSR count). The van der Waals surface area contributed by atoms with Gasteiger partial charge in [-0.25, -0.2) is 14.0 Å². The maximum Gasteiger partial charge on any atom is 0.407 e. The number of halogens is 1. The van der Waals surface area contributed by atoms with E-state index < -0.39 is 40.9 Å². The Bertz CT molecular complexity index is 1260. The fourth-order valence-corrected chi connectivity index (χ4v) is 5.45. The largest absolute Gasteiger partial charge is 0.465 e. The van der Waals surface area contributed by atoms with E-state index in [1.54, 1.807) is 46.0 Å². The number of rotatable bonds is 3. The van der Waals surface area contributed by atoms with Gasteiger partial charge in [-0.05, 0) is 30.4 Å². The van der Waals surface area contributed by atoms with Gasteiger partial charge in [0.25, 0.3) is 0 Å². The van der Waals surface area contributed by atoms with Gasteiger partial charge in [0.2, 0.25) is 11.8 Å².